The Labute approximate surface area is 79.9 Å². The van der Waals surface area contributed by atoms with Crippen molar-refractivity contribution in [2.24, 2.45) is 5.84 Å². The molecule has 0 aliphatic rings. The molecule has 0 saturated heterocycles. The maximum Gasteiger partial charge on any atom is 0.209 e. The van der Waals surface area contributed by atoms with Crippen LogP contribution in [0.2, 0.25) is 0 Å². The number of nitrogens with zero attached hydrogens (tertiary/aromatic N) is 3. The fourth-order valence-corrected chi connectivity index (χ4v) is 0.932. The Kier molecular flexibility index (Phi) is 3.13. The van der Waals surface area contributed by atoms with E-state index in [4.69, 9.17) is 5.84 Å². The molecule has 0 aliphatic heterocycles. The molecule has 0 atom stereocenters. The maximum atomic E-state index is 13.4. The highest BCUT2D eigenvalue weighted by Crippen LogP contribution is 2.20. The second-order valence-electron chi connectivity index (χ2n) is 2.80. The first-order valence-electron chi connectivity index (χ1n) is 3.86. The molecular weight excluding hydrogens is 192 g/mol. The zero-order valence-corrected chi connectivity index (χ0v) is 7.88. The van der Waals surface area contributed by atoms with Gasteiger partial charge in [-0.05, 0) is 0 Å². The third-order valence-corrected chi connectivity index (χ3v) is 1.56. The van der Waals surface area contributed by atoms with Crippen LogP contribution in [0.3, 0.4) is 0 Å². The minimum atomic E-state index is -0.865. The lowest BCUT2D eigenvalue weighted by Gasteiger charge is -2.14. The second kappa shape index (κ2) is 4.14. The monoisotopic (exact) mass is 203 g/mol. The van der Waals surface area contributed by atoms with Gasteiger partial charge in [0, 0.05) is 14.1 Å². The first-order chi connectivity index (χ1) is 6.60. The van der Waals surface area contributed by atoms with Crippen molar-refractivity contribution in [1.82, 2.24) is 9.97 Å². The quantitative estimate of drug-likeness (QED) is 0.551. The predicted octanol–water partition coefficient (Wildman–Crippen LogP) is 0.437. The number of nitrogen functional groups attached to an aromatic ring is 1. The summed E-state index contributed by atoms with van der Waals surface area (Å²) >= 11 is 0. The molecule has 0 fully saturated rings. The minimum Gasteiger partial charge on any atom is -0.360 e. The highest BCUT2D eigenvalue weighted by Gasteiger charge is 2.14. The minimum absolute atomic E-state index is 0.000556. The summed E-state index contributed by atoms with van der Waals surface area (Å²) < 4.78 is 25.7. The van der Waals surface area contributed by atoms with Crippen molar-refractivity contribution in [3.63, 3.8) is 0 Å². The summed E-state index contributed by atoms with van der Waals surface area (Å²) in [6, 6.07) is 0. The van der Waals surface area contributed by atoms with Crippen LogP contribution in [-0.4, -0.2) is 24.1 Å². The van der Waals surface area contributed by atoms with Crippen LogP contribution in [0.1, 0.15) is 5.82 Å². The van der Waals surface area contributed by atoms with Crippen molar-refractivity contribution in [1.29, 1.82) is 0 Å². The van der Waals surface area contributed by atoms with Crippen molar-refractivity contribution in [2.45, 2.75) is 6.67 Å². The summed E-state index contributed by atoms with van der Waals surface area (Å²) in [7, 11) is 3.18. The van der Waals surface area contributed by atoms with E-state index in [2.05, 4.69) is 9.97 Å². The summed E-state index contributed by atoms with van der Waals surface area (Å²) in [5.41, 5.74) is 2.05. The Morgan fingerprint density at radius 1 is 1.43 bits per heavy atom. The summed E-state index contributed by atoms with van der Waals surface area (Å²) in [5, 5.41) is 0. The molecule has 0 amide bonds. The van der Waals surface area contributed by atoms with Gasteiger partial charge in [-0.15, -0.1) is 0 Å². The van der Waals surface area contributed by atoms with Crippen molar-refractivity contribution in [3.05, 3.63) is 11.6 Å². The topological polar surface area (TPSA) is 67.1 Å². The SMILES string of the molecule is CN(C)c1nc(CF)nc(NN)c1F. The van der Waals surface area contributed by atoms with Gasteiger partial charge in [-0.1, -0.05) is 0 Å². The average molecular weight is 203 g/mol. The number of hydrazine groups is 1. The van der Waals surface area contributed by atoms with E-state index in [9.17, 15) is 8.78 Å². The average Bonchev–Trinajstić information content (AvgIpc) is 2.17. The van der Waals surface area contributed by atoms with Gasteiger partial charge in [-0.2, -0.15) is 4.39 Å². The summed E-state index contributed by atoms with van der Waals surface area (Å²) in [5.74, 6) is 4.00. The first-order valence-corrected chi connectivity index (χ1v) is 3.86. The lowest BCUT2D eigenvalue weighted by atomic mass is 10.4. The van der Waals surface area contributed by atoms with Crippen LogP contribution < -0.4 is 16.2 Å². The molecule has 0 unspecified atom stereocenters. The molecule has 0 radical (unpaired) electrons. The predicted molar refractivity (Wildman–Crippen MR) is 48.9 cm³/mol. The van der Waals surface area contributed by atoms with Crippen LogP contribution >= 0.6 is 0 Å². The van der Waals surface area contributed by atoms with E-state index in [1.807, 2.05) is 5.43 Å². The number of aromatic nitrogens is 2. The number of nitrogens with two attached hydrogens (primary N) is 1. The van der Waals surface area contributed by atoms with Crippen molar-refractivity contribution in [3.8, 4) is 0 Å². The van der Waals surface area contributed by atoms with Gasteiger partial charge in [0.15, 0.2) is 17.5 Å². The van der Waals surface area contributed by atoms with Gasteiger partial charge in [-0.25, -0.2) is 20.2 Å². The number of hydrogen-bond donors (Lipinski definition) is 2. The summed E-state index contributed by atoms with van der Waals surface area (Å²) in [6.07, 6.45) is 0. The van der Waals surface area contributed by atoms with E-state index >= 15 is 0 Å². The van der Waals surface area contributed by atoms with Gasteiger partial charge in [-0.3, -0.25) is 0 Å². The van der Waals surface area contributed by atoms with E-state index in [0.29, 0.717) is 0 Å². The molecule has 0 spiro atoms. The van der Waals surface area contributed by atoms with Crippen molar-refractivity contribution in [2.75, 3.05) is 24.4 Å². The molecule has 1 aromatic rings. The smallest absolute Gasteiger partial charge is 0.209 e. The molecule has 78 valence electrons. The van der Waals surface area contributed by atoms with Crippen LogP contribution in [0.5, 0.6) is 0 Å². The highest BCUT2D eigenvalue weighted by atomic mass is 19.1. The van der Waals surface area contributed by atoms with Crippen molar-refractivity contribution < 1.29 is 8.78 Å². The summed E-state index contributed by atoms with van der Waals surface area (Å²) in [4.78, 5) is 8.61. The Hall–Kier alpha value is -1.50. The molecule has 0 saturated carbocycles. The fraction of sp³-hybridized carbons (Fsp3) is 0.429. The molecule has 5 nitrogen and oxygen atoms in total. The molecular formula is C7H11F2N5. The standard InChI is InChI=1S/C7H11F2N5/c1-14(2)7-5(9)6(13-10)11-4(3-8)12-7/h3,10H2,1-2H3,(H,11,12,13). The van der Waals surface area contributed by atoms with E-state index in [0.717, 1.165) is 0 Å². The third-order valence-electron chi connectivity index (χ3n) is 1.56. The zero-order chi connectivity index (χ0) is 10.7. The Balaban J connectivity index is 3.27. The van der Waals surface area contributed by atoms with E-state index in [1.54, 1.807) is 14.1 Å². The van der Waals surface area contributed by atoms with Gasteiger partial charge in [0.05, 0.1) is 0 Å². The van der Waals surface area contributed by atoms with Gasteiger partial charge < -0.3 is 10.3 Å². The molecule has 3 N–H and O–H groups in total. The Morgan fingerprint density at radius 3 is 2.50 bits per heavy atom. The lowest BCUT2D eigenvalue weighted by molar-refractivity contribution is 0.462. The van der Waals surface area contributed by atoms with E-state index in [1.165, 1.54) is 4.90 Å². The number of hydrogen-bond acceptors (Lipinski definition) is 5. The lowest BCUT2D eigenvalue weighted by Crippen LogP contribution is -2.19. The molecule has 1 aromatic heterocycles. The number of nitrogens with one attached hydrogen (secondary N) is 1. The first kappa shape index (κ1) is 10.6. The molecule has 7 heteroatoms. The Morgan fingerprint density at radius 2 is 2.07 bits per heavy atom. The normalized spacial score (nSPS) is 10.1. The van der Waals surface area contributed by atoms with Crippen LogP contribution in [0, 0.1) is 5.82 Å². The zero-order valence-electron chi connectivity index (χ0n) is 7.88. The fourth-order valence-electron chi connectivity index (χ4n) is 0.932. The molecule has 1 rings (SSSR count). The van der Waals surface area contributed by atoms with Crippen LogP contribution in [0.25, 0.3) is 0 Å². The summed E-state index contributed by atoms with van der Waals surface area (Å²) in [6.45, 7) is -0.865. The van der Waals surface area contributed by atoms with E-state index < -0.39 is 12.5 Å². The number of alkyl halides is 1. The molecule has 14 heavy (non-hydrogen) atoms. The molecule has 1 heterocycles. The van der Waals surface area contributed by atoms with Crippen molar-refractivity contribution >= 4 is 11.6 Å². The third kappa shape index (κ3) is 1.87. The largest absolute Gasteiger partial charge is 0.360 e. The van der Waals surface area contributed by atoms with Gasteiger partial charge in [0.1, 0.15) is 6.67 Å². The molecule has 0 aliphatic carbocycles. The van der Waals surface area contributed by atoms with Gasteiger partial charge in [0.2, 0.25) is 5.82 Å². The van der Waals surface area contributed by atoms with Gasteiger partial charge >= 0.3 is 0 Å². The van der Waals surface area contributed by atoms with E-state index in [-0.39, 0.29) is 17.5 Å². The Bertz CT molecular complexity index is 328. The number of anilines is 2. The second-order valence-corrected chi connectivity index (χ2v) is 2.80. The number of rotatable bonds is 3. The molecule has 0 aromatic carbocycles. The molecule has 0 bridgehead atoms. The van der Waals surface area contributed by atoms with Crippen LogP contribution in [-0.2, 0) is 6.67 Å². The van der Waals surface area contributed by atoms with Crippen LogP contribution in [0.15, 0.2) is 0 Å². The number of halogens is 2. The van der Waals surface area contributed by atoms with Crippen LogP contribution in [0.4, 0.5) is 20.4 Å². The highest BCUT2D eigenvalue weighted by molar-refractivity contribution is 5.50. The maximum absolute atomic E-state index is 13.4. The van der Waals surface area contributed by atoms with Gasteiger partial charge in [0.25, 0.3) is 0 Å².